The highest BCUT2D eigenvalue weighted by atomic mass is 28.3. The van der Waals surface area contributed by atoms with E-state index in [4.69, 9.17) is 4.43 Å². The molecule has 0 N–H and O–H groups in total. The lowest BCUT2D eigenvalue weighted by Gasteiger charge is -2.34. The van der Waals surface area contributed by atoms with Gasteiger partial charge in [-0.1, -0.05) is 58.9 Å². The third kappa shape index (κ3) is 5.69. The molecule has 0 amide bonds. The molecule has 22 heavy (non-hydrogen) atoms. The number of benzene rings is 1. The molecule has 0 fully saturated rings. The van der Waals surface area contributed by atoms with Gasteiger partial charge in [0.05, 0.1) is 6.10 Å². The van der Waals surface area contributed by atoms with Crippen molar-refractivity contribution in [3.63, 3.8) is 0 Å². The molecule has 0 aliphatic carbocycles. The molecule has 2 nitrogen and oxygen atoms in total. The van der Waals surface area contributed by atoms with Gasteiger partial charge in [0.15, 0.2) is 0 Å². The molecular weight excluding hydrogens is 288 g/mol. The van der Waals surface area contributed by atoms with Gasteiger partial charge in [0.25, 0.3) is 0 Å². The fourth-order valence-corrected chi connectivity index (χ4v) is 3.46. The maximum atomic E-state index is 11.9. The molecule has 0 heterocycles. The zero-order valence-corrected chi connectivity index (χ0v) is 16.2. The number of rotatable bonds is 7. The Morgan fingerprint density at radius 1 is 1.18 bits per heavy atom. The Balaban J connectivity index is 3.04. The topological polar surface area (TPSA) is 26.3 Å². The summed E-state index contributed by atoms with van der Waals surface area (Å²) in [5.74, 6) is 0.446. The van der Waals surface area contributed by atoms with Crippen molar-refractivity contribution < 1.29 is 9.22 Å². The van der Waals surface area contributed by atoms with E-state index in [1.165, 1.54) is 11.1 Å². The number of ketones is 1. The predicted octanol–water partition coefficient (Wildman–Crippen LogP) is 5.20. The van der Waals surface area contributed by atoms with Crippen molar-refractivity contribution in [2.24, 2.45) is 11.3 Å². The summed E-state index contributed by atoms with van der Waals surface area (Å²) in [6.45, 7) is 15.0. The number of Topliss-reactive ketones (excluding diaryl/α,β-unsaturated/α-hetero) is 1. The Bertz CT molecular complexity index is 486. The molecular formula is C19H31O2Si. The first kappa shape index (κ1) is 19.1. The van der Waals surface area contributed by atoms with E-state index in [1.807, 2.05) is 13.8 Å². The molecule has 1 atom stereocenters. The lowest BCUT2D eigenvalue weighted by molar-refractivity contribution is -0.121. The van der Waals surface area contributed by atoms with Gasteiger partial charge >= 0.3 is 0 Å². The fraction of sp³-hybridized carbons (Fsp3) is 0.632. The van der Waals surface area contributed by atoms with E-state index in [0.717, 1.165) is 6.42 Å². The minimum absolute atomic E-state index is 0.0418. The van der Waals surface area contributed by atoms with Crippen LogP contribution in [0.3, 0.4) is 0 Å². The second-order valence-electron chi connectivity index (χ2n) is 7.59. The Morgan fingerprint density at radius 3 is 2.27 bits per heavy atom. The molecule has 1 rings (SSSR count). The molecule has 0 aliphatic rings. The Morgan fingerprint density at radius 2 is 1.77 bits per heavy atom. The van der Waals surface area contributed by atoms with Gasteiger partial charge in [0.2, 0.25) is 9.04 Å². The van der Waals surface area contributed by atoms with E-state index in [1.54, 1.807) is 0 Å². The van der Waals surface area contributed by atoms with Crippen LogP contribution < -0.4 is 0 Å². The highest BCUT2D eigenvalue weighted by Crippen LogP contribution is 2.38. The van der Waals surface area contributed by atoms with Gasteiger partial charge in [-0.15, -0.1) is 0 Å². The van der Waals surface area contributed by atoms with E-state index in [2.05, 4.69) is 58.1 Å². The van der Waals surface area contributed by atoms with Crippen molar-refractivity contribution in [1.29, 1.82) is 0 Å². The quantitative estimate of drug-likeness (QED) is 0.646. The smallest absolute Gasteiger partial charge is 0.205 e. The highest BCUT2D eigenvalue weighted by Gasteiger charge is 2.29. The first-order valence-corrected chi connectivity index (χ1v) is 10.6. The Kier molecular flexibility index (Phi) is 7.01. The molecule has 1 aromatic rings. The van der Waals surface area contributed by atoms with Gasteiger partial charge < -0.3 is 4.43 Å². The molecule has 0 spiro atoms. The third-order valence-corrected chi connectivity index (χ3v) is 4.47. The van der Waals surface area contributed by atoms with Gasteiger partial charge in [-0.2, -0.15) is 0 Å². The van der Waals surface area contributed by atoms with Crippen LogP contribution in [0.4, 0.5) is 0 Å². The summed E-state index contributed by atoms with van der Waals surface area (Å²) in [6, 6.07) is 8.43. The van der Waals surface area contributed by atoms with Crippen LogP contribution in [0.1, 0.15) is 58.3 Å². The van der Waals surface area contributed by atoms with Crippen molar-refractivity contribution in [2.45, 2.75) is 66.7 Å². The van der Waals surface area contributed by atoms with Gasteiger partial charge in [0.1, 0.15) is 5.78 Å². The van der Waals surface area contributed by atoms with E-state index in [9.17, 15) is 4.79 Å². The maximum Gasteiger partial charge on any atom is 0.205 e. The molecule has 1 unspecified atom stereocenters. The molecule has 0 aliphatic heterocycles. The van der Waals surface area contributed by atoms with Gasteiger partial charge in [-0.05, 0) is 36.1 Å². The van der Waals surface area contributed by atoms with Crippen molar-refractivity contribution in [3.8, 4) is 0 Å². The van der Waals surface area contributed by atoms with Crippen molar-refractivity contribution in [2.75, 3.05) is 0 Å². The molecule has 0 bridgehead atoms. The lowest BCUT2D eigenvalue weighted by atomic mass is 9.82. The van der Waals surface area contributed by atoms with E-state index < -0.39 is 9.04 Å². The zero-order valence-electron chi connectivity index (χ0n) is 15.2. The summed E-state index contributed by atoms with van der Waals surface area (Å²) >= 11 is 0. The molecule has 3 heteroatoms. The van der Waals surface area contributed by atoms with Gasteiger partial charge in [-0.3, -0.25) is 4.79 Å². The van der Waals surface area contributed by atoms with Crippen LogP contribution in [-0.2, 0) is 15.6 Å². The van der Waals surface area contributed by atoms with Crippen molar-refractivity contribution in [3.05, 3.63) is 35.4 Å². The monoisotopic (exact) mass is 319 g/mol. The van der Waals surface area contributed by atoms with Crippen molar-refractivity contribution >= 4 is 14.8 Å². The van der Waals surface area contributed by atoms with Crippen LogP contribution in [0.25, 0.3) is 0 Å². The molecule has 123 valence electrons. The van der Waals surface area contributed by atoms with Gasteiger partial charge in [-0.25, -0.2) is 0 Å². The zero-order chi connectivity index (χ0) is 16.9. The molecule has 1 aromatic carbocycles. The minimum atomic E-state index is -0.790. The Labute approximate surface area is 138 Å². The fourth-order valence-electron chi connectivity index (χ4n) is 2.51. The van der Waals surface area contributed by atoms with Crippen LogP contribution >= 0.6 is 0 Å². The SMILES string of the molecule is CC(C)C(=O)CCc1ccccc1C(O[Si](C)C)C(C)(C)C. The van der Waals surface area contributed by atoms with E-state index in [0.29, 0.717) is 12.2 Å². The van der Waals surface area contributed by atoms with Crippen molar-refractivity contribution in [1.82, 2.24) is 0 Å². The average molecular weight is 320 g/mol. The van der Waals surface area contributed by atoms with Crippen LogP contribution in [0.15, 0.2) is 24.3 Å². The number of hydrogen-bond acceptors (Lipinski definition) is 2. The summed E-state index contributed by atoms with van der Waals surface area (Å²) in [5, 5.41) is 0. The number of aryl methyl sites for hydroxylation is 1. The molecule has 1 radical (unpaired) electrons. The number of carbonyl (C=O) groups is 1. The van der Waals surface area contributed by atoms with Gasteiger partial charge in [0, 0.05) is 12.3 Å². The predicted molar refractivity (Wildman–Crippen MR) is 95.4 cm³/mol. The molecule has 0 saturated heterocycles. The highest BCUT2D eigenvalue weighted by molar-refractivity contribution is 6.48. The van der Waals surface area contributed by atoms with Crippen LogP contribution in [0.2, 0.25) is 13.1 Å². The summed E-state index contributed by atoms with van der Waals surface area (Å²) in [7, 11) is -0.790. The first-order chi connectivity index (χ1) is 10.1. The maximum absolute atomic E-state index is 11.9. The third-order valence-electron chi connectivity index (χ3n) is 3.76. The first-order valence-electron chi connectivity index (χ1n) is 8.20. The summed E-state index contributed by atoms with van der Waals surface area (Å²) < 4.78 is 6.31. The largest absolute Gasteiger partial charge is 0.410 e. The summed E-state index contributed by atoms with van der Waals surface area (Å²) in [4.78, 5) is 11.9. The Hall–Kier alpha value is -0.933. The normalized spacial score (nSPS) is 13.7. The number of carbonyl (C=O) groups excluding carboxylic acids is 1. The molecule has 0 saturated carbocycles. The second-order valence-corrected chi connectivity index (χ2v) is 9.64. The lowest BCUT2D eigenvalue weighted by Crippen LogP contribution is -2.27. The van der Waals surface area contributed by atoms with E-state index in [-0.39, 0.29) is 17.4 Å². The second kappa shape index (κ2) is 8.07. The summed E-state index contributed by atoms with van der Waals surface area (Å²) in [6.07, 6.45) is 1.50. The summed E-state index contributed by atoms with van der Waals surface area (Å²) in [5.41, 5.74) is 2.54. The minimum Gasteiger partial charge on any atom is -0.410 e. The average Bonchev–Trinajstić information content (AvgIpc) is 2.41. The number of hydrogen-bond donors (Lipinski definition) is 0. The van der Waals surface area contributed by atoms with Crippen LogP contribution in [0, 0.1) is 11.3 Å². The van der Waals surface area contributed by atoms with Crippen LogP contribution in [-0.4, -0.2) is 14.8 Å². The molecule has 0 aromatic heterocycles. The van der Waals surface area contributed by atoms with Crippen LogP contribution in [0.5, 0.6) is 0 Å². The standard InChI is InChI=1S/C19H31O2Si/c1-14(2)17(20)13-12-15-10-8-9-11-16(15)18(19(3,4)5)21-22(6)7/h8-11,14,18H,12-13H2,1-7H3. The van der Waals surface area contributed by atoms with E-state index >= 15 is 0 Å².